The summed E-state index contributed by atoms with van der Waals surface area (Å²) >= 11 is 0. The predicted octanol–water partition coefficient (Wildman–Crippen LogP) is 3.55. The number of carbonyl (C=O) groups excluding carboxylic acids is 2. The highest BCUT2D eigenvalue weighted by molar-refractivity contribution is 5.88. The van der Waals surface area contributed by atoms with Crippen molar-refractivity contribution in [2.45, 2.75) is 46.1 Å². The molecule has 0 radical (unpaired) electrons. The fourth-order valence-corrected chi connectivity index (χ4v) is 1.96. The zero-order valence-corrected chi connectivity index (χ0v) is 14.0. The smallest absolute Gasteiger partial charge is 0.414 e. The lowest BCUT2D eigenvalue weighted by Crippen LogP contribution is -2.34. The summed E-state index contributed by atoms with van der Waals surface area (Å²) in [6.45, 7) is 7.28. The molecular weight excluding hydrogens is 282 g/mol. The molecule has 1 rings (SSSR count). The largest absolute Gasteiger partial charge is 0.466 e. The van der Waals surface area contributed by atoms with Gasteiger partial charge in [0.15, 0.2) is 0 Å². The molecule has 0 fully saturated rings. The van der Waals surface area contributed by atoms with Crippen molar-refractivity contribution < 1.29 is 19.1 Å². The molecule has 5 nitrogen and oxygen atoms in total. The van der Waals surface area contributed by atoms with Crippen LogP contribution < -0.4 is 4.90 Å². The van der Waals surface area contributed by atoms with Gasteiger partial charge in [-0.1, -0.05) is 18.2 Å². The van der Waals surface area contributed by atoms with Gasteiger partial charge < -0.3 is 9.47 Å². The molecule has 22 heavy (non-hydrogen) atoms. The first-order valence-corrected chi connectivity index (χ1v) is 7.38. The van der Waals surface area contributed by atoms with Gasteiger partial charge in [0.05, 0.1) is 6.61 Å². The maximum atomic E-state index is 12.2. The van der Waals surface area contributed by atoms with Crippen LogP contribution in [0.25, 0.3) is 0 Å². The van der Waals surface area contributed by atoms with Crippen molar-refractivity contribution in [2.24, 2.45) is 0 Å². The van der Waals surface area contributed by atoms with E-state index in [2.05, 4.69) is 0 Å². The zero-order chi connectivity index (χ0) is 16.8. The first-order chi connectivity index (χ1) is 10.2. The van der Waals surface area contributed by atoms with Crippen LogP contribution in [0, 0.1) is 0 Å². The number of nitrogens with zero attached hydrogens (tertiary/aromatic N) is 1. The van der Waals surface area contributed by atoms with Crippen molar-refractivity contribution in [1.29, 1.82) is 0 Å². The van der Waals surface area contributed by atoms with E-state index < -0.39 is 5.60 Å². The Hall–Kier alpha value is -2.04. The Morgan fingerprint density at radius 3 is 2.41 bits per heavy atom. The Bertz CT molecular complexity index is 520. The number of hydrogen-bond acceptors (Lipinski definition) is 4. The summed E-state index contributed by atoms with van der Waals surface area (Å²) in [6.07, 6.45) is 1.04. The lowest BCUT2D eigenvalue weighted by atomic mass is 10.1. The molecule has 0 aromatic heterocycles. The minimum Gasteiger partial charge on any atom is -0.466 e. The van der Waals surface area contributed by atoms with Gasteiger partial charge in [0.2, 0.25) is 0 Å². The second kappa shape index (κ2) is 7.82. The quantitative estimate of drug-likeness (QED) is 0.616. The number of carbonyl (C=O) groups is 2. The van der Waals surface area contributed by atoms with E-state index >= 15 is 0 Å². The molecule has 0 saturated heterocycles. The van der Waals surface area contributed by atoms with Gasteiger partial charge in [0.25, 0.3) is 0 Å². The number of esters is 1. The van der Waals surface area contributed by atoms with Crippen molar-refractivity contribution >= 4 is 17.7 Å². The Morgan fingerprint density at radius 2 is 1.82 bits per heavy atom. The van der Waals surface area contributed by atoms with E-state index in [0.717, 1.165) is 17.7 Å². The number of amides is 1. The van der Waals surface area contributed by atoms with Crippen LogP contribution >= 0.6 is 0 Å². The standard InChI is InChI=1S/C17H25NO4/c1-13(19)21-12-8-10-14-9-6-7-11-15(14)18(5)16(20)22-17(2,3)4/h6-7,9,11H,8,10,12H2,1-5H3. The molecule has 0 spiro atoms. The summed E-state index contributed by atoms with van der Waals surface area (Å²) in [5, 5.41) is 0. The molecule has 0 heterocycles. The van der Waals surface area contributed by atoms with Crippen molar-refractivity contribution in [3.63, 3.8) is 0 Å². The van der Waals surface area contributed by atoms with Crippen LogP contribution in [0.2, 0.25) is 0 Å². The Labute approximate surface area is 132 Å². The number of para-hydroxylation sites is 1. The maximum absolute atomic E-state index is 12.2. The molecule has 122 valence electrons. The summed E-state index contributed by atoms with van der Waals surface area (Å²) in [5.41, 5.74) is 1.29. The molecule has 0 unspecified atom stereocenters. The second-order valence-corrected chi connectivity index (χ2v) is 6.11. The lowest BCUT2D eigenvalue weighted by Gasteiger charge is -2.26. The van der Waals surface area contributed by atoms with Crippen molar-refractivity contribution in [2.75, 3.05) is 18.6 Å². The van der Waals surface area contributed by atoms with Crippen LogP contribution in [0.5, 0.6) is 0 Å². The molecule has 0 N–H and O–H groups in total. The highest BCUT2D eigenvalue weighted by Gasteiger charge is 2.21. The molecule has 0 aliphatic rings. The van der Waals surface area contributed by atoms with Crippen LogP contribution in [-0.4, -0.2) is 31.3 Å². The van der Waals surface area contributed by atoms with E-state index in [0.29, 0.717) is 13.0 Å². The van der Waals surface area contributed by atoms with E-state index in [9.17, 15) is 9.59 Å². The fourth-order valence-electron chi connectivity index (χ4n) is 1.96. The van der Waals surface area contributed by atoms with Crippen LogP contribution in [-0.2, 0) is 20.7 Å². The van der Waals surface area contributed by atoms with Gasteiger partial charge in [0.1, 0.15) is 5.60 Å². The van der Waals surface area contributed by atoms with E-state index in [1.54, 1.807) is 7.05 Å². The van der Waals surface area contributed by atoms with Gasteiger partial charge in [-0.2, -0.15) is 0 Å². The molecule has 0 aliphatic carbocycles. The van der Waals surface area contributed by atoms with E-state index in [1.165, 1.54) is 11.8 Å². The first kappa shape index (κ1) is 18.0. The normalized spacial score (nSPS) is 11.0. The minimum atomic E-state index is -0.532. The van der Waals surface area contributed by atoms with Gasteiger partial charge in [-0.15, -0.1) is 0 Å². The molecule has 5 heteroatoms. The average Bonchev–Trinajstić information content (AvgIpc) is 2.41. The van der Waals surface area contributed by atoms with E-state index in [1.807, 2.05) is 45.0 Å². The summed E-state index contributed by atoms with van der Waals surface area (Å²) in [7, 11) is 1.69. The van der Waals surface area contributed by atoms with Gasteiger partial charge >= 0.3 is 12.1 Å². The van der Waals surface area contributed by atoms with Gasteiger partial charge in [0, 0.05) is 19.7 Å². The van der Waals surface area contributed by atoms with Gasteiger partial charge in [-0.3, -0.25) is 9.69 Å². The number of aryl methyl sites for hydroxylation is 1. The highest BCUT2D eigenvalue weighted by atomic mass is 16.6. The summed E-state index contributed by atoms with van der Waals surface area (Å²) in [5.74, 6) is -0.279. The Balaban J connectivity index is 2.73. The fraction of sp³-hybridized carbons (Fsp3) is 0.529. The number of rotatable bonds is 5. The SMILES string of the molecule is CC(=O)OCCCc1ccccc1N(C)C(=O)OC(C)(C)C. The average molecular weight is 307 g/mol. The predicted molar refractivity (Wildman–Crippen MR) is 86.0 cm³/mol. The van der Waals surface area contributed by atoms with Crippen LogP contribution in [0.1, 0.15) is 39.7 Å². The van der Waals surface area contributed by atoms with E-state index in [-0.39, 0.29) is 12.1 Å². The monoisotopic (exact) mass is 307 g/mol. The Morgan fingerprint density at radius 1 is 1.18 bits per heavy atom. The van der Waals surface area contributed by atoms with Gasteiger partial charge in [-0.25, -0.2) is 4.79 Å². The molecule has 1 amide bonds. The molecular formula is C17H25NO4. The topological polar surface area (TPSA) is 55.8 Å². The summed E-state index contributed by atoms with van der Waals surface area (Å²) in [6, 6.07) is 7.65. The minimum absolute atomic E-state index is 0.279. The second-order valence-electron chi connectivity index (χ2n) is 6.11. The summed E-state index contributed by atoms with van der Waals surface area (Å²) in [4.78, 5) is 24.4. The molecule has 0 atom stereocenters. The van der Waals surface area contributed by atoms with Gasteiger partial charge in [-0.05, 0) is 45.2 Å². The third-order valence-electron chi connectivity index (χ3n) is 2.92. The van der Waals surface area contributed by atoms with Crippen LogP contribution in [0.15, 0.2) is 24.3 Å². The van der Waals surface area contributed by atoms with E-state index in [4.69, 9.17) is 9.47 Å². The van der Waals surface area contributed by atoms with Crippen molar-refractivity contribution in [3.8, 4) is 0 Å². The molecule has 1 aromatic rings. The van der Waals surface area contributed by atoms with Crippen molar-refractivity contribution in [1.82, 2.24) is 0 Å². The molecule has 1 aromatic carbocycles. The highest BCUT2D eigenvalue weighted by Crippen LogP contribution is 2.22. The Kier molecular flexibility index (Phi) is 6.40. The maximum Gasteiger partial charge on any atom is 0.414 e. The molecule has 0 saturated carbocycles. The number of anilines is 1. The van der Waals surface area contributed by atoms with Crippen LogP contribution in [0.4, 0.5) is 10.5 Å². The number of benzene rings is 1. The zero-order valence-electron chi connectivity index (χ0n) is 14.0. The summed E-state index contributed by atoms with van der Waals surface area (Å²) < 4.78 is 10.3. The number of ether oxygens (including phenoxy) is 2. The van der Waals surface area contributed by atoms with Crippen LogP contribution in [0.3, 0.4) is 0 Å². The third kappa shape index (κ3) is 6.16. The lowest BCUT2D eigenvalue weighted by molar-refractivity contribution is -0.141. The van der Waals surface area contributed by atoms with Crippen molar-refractivity contribution in [3.05, 3.63) is 29.8 Å². The molecule has 0 bridgehead atoms. The first-order valence-electron chi connectivity index (χ1n) is 7.38. The number of hydrogen-bond donors (Lipinski definition) is 0. The third-order valence-corrected chi connectivity index (χ3v) is 2.92. The molecule has 0 aliphatic heterocycles.